The minimum Gasteiger partial charge on any atom is -0.453 e. The van der Waals surface area contributed by atoms with Crippen molar-refractivity contribution in [3.63, 3.8) is 0 Å². The van der Waals surface area contributed by atoms with Crippen LogP contribution in [0.25, 0.3) is 5.52 Å². The summed E-state index contributed by atoms with van der Waals surface area (Å²) in [5.41, 5.74) is 3.77. The zero-order chi connectivity index (χ0) is 27.6. The van der Waals surface area contributed by atoms with Crippen molar-refractivity contribution in [3.05, 3.63) is 59.4 Å². The zero-order valence-corrected chi connectivity index (χ0v) is 23.2. The van der Waals surface area contributed by atoms with Gasteiger partial charge in [-0.25, -0.2) is 17.7 Å². The third-order valence-corrected chi connectivity index (χ3v) is 9.70. The molecule has 2 amide bonds. The Morgan fingerprint density at radius 3 is 2.28 bits per heavy atom. The van der Waals surface area contributed by atoms with Crippen LogP contribution in [0.5, 0.6) is 0 Å². The van der Waals surface area contributed by atoms with E-state index in [2.05, 4.69) is 21.2 Å². The molecule has 5 rings (SSSR count). The highest BCUT2D eigenvalue weighted by atomic mass is 32.2. The predicted octanol–water partition coefficient (Wildman–Crippen LogP) is 4.41. The Hall–Kier alpha value is -3.44. The van der Waals surface area contributed by atoms with Crippen molar-refractivity contribution in [2.24, 2.45) is 0 Å². The summed E-state index contributed by atoms with van der Waals surface area (Å²) in [6.45, 7) is 4.26. The molecule has 2 aromatic heterocycles. The lowest BCUT2D eigenvalue weighted by molar-refractivity contribution is 0.0762. The Morgan fingerprint density at radius 1 is 0.974 bits per heavy atom. The first kappa shape index (κ1) is 27.1. The monoisotopic (exact) mass is 553 g/mol. The highest BCUT2D eigenvalue weighted by Crippen LogP contribution is 2.32. The number of nitrogens with zero attached hydrogens (tertiary/aromatic N) is 4. The molecule has 39 heavy (non-hydrogen) atoms. The van der Waals surface area contributed by atoms with Crippen LogP contribution in [-0.4, -0.2) is 72.5 Å². The molecule has 0 unspecified atom stereocenters. The van der Waals surface area contributed by atoms with Crippen LogP contribution in [0.1, 0.15) is 66.1 Å². The number of likely N-dealkylation sites (tertiary alicyclic amines) is 1. The van der Waals surface area contributed by atoms with Crippen molar-refractivity contribution in [1.29, 1.82) is 0 Å². The van der Waals surface area contributed by atoms with Gasteiger partial charge in [0.05, 0.1) is 28.8 Å². The molecule has 2 aliphatic heterocycles. The number of anilines is 1. The molecule has 0 atom stereocenters. The second-order valence-electron chi connectivity index (χ2n) is 10.3. The number of hydrogen-bond donors (Lipinski definition) is 1. The number of methoxy groups -OCH3 is 1. The molecular formula is C28H35N5O5S. The van der Waals surface area contributed by atoms with Gasteiger partial charge >= 0.3 is 6.09 Å². The summed E-state index contributed by atoms with van der Waals surface area (Å²) in [6, 6.07) is 10.2. The van der Waals surface area contributed by atoms with E-state index in [1.54, 1.807) is 16.6 Å². The van der Waals surface area contributed by atoms with Crippen molar-refractivity contribution in [3.8, 4) is 0 Å². The number of hydrogen-bond acceptors (Lipinski definition) is 6. The van der Waals surface area contributed by atoms with Crippen LogP contribution in [-0.2, 0) is 14.8 Å². The van der Waals surface area contributed by atoms with E-state index in [0.29, 0.717) is 37.2 Å². The Labute approximate surface area is 229 Å². The average Bonchev–Trinajstić information content (AvgIpc) is 3.08. The van der Waals surface area contributed by atoms with Gasteiger partial charge in [-0.2, -0.15) is 9.40 Å². The van der Waals surface area contributed by atoms with E-state index in [9.17, 15) is 18.0 Å². The summed E-state index contributed by atoms with van der Waals surface area (Å²) >= 11 is 0. The SMILES string of the molecule is COC(=O)Nc1ccc(S(=O)(=O)N2CCC(c3ccn4nc(C)c(C(=O)N5CCCCCC5)c4c3)CC2)cc1. The van der Waals surface area contributed by atoms with Gasteiger partial charge in [-0.15, -0.1) is 0 Å². The van der Waals surface area contributed by atoms with E-state index >= 15 is 0 Å². The Bertz CT molecular complexity index is 1450. The van der Waals surface area contributed by atoms with Crippen LogP contribution < -0.4 is 5.32 Å². The molecular weight excluding hydrogens is 518 g/mol. The minimum absolute atomic E-state index is 0.0512. The fourth-order valence-corrected chi connectivity index (χ4v) is 7.06. The van der Waals surface area contributed by atoms with Crippen LogP contribution in [0, 0.1) is 6.92 Å². The topological polar surface area (TPSA) is 113 Å². The van der Waals surface area contributed by atoms with Crippen molar-refractivity contribution < 1.29 is 22.7 Å². The number of fused-ring (bicyclic) bond motifs is 1. The normalized spacial score (nSPS) is 17.6. The van der Waals surface area contributed by atoms with Gasteiger partial charge in [-0.3, -0.25) is 10.1 Å². The van der Waals surface area contributed by atoms with E-state index in [1.807, 2.05) is 24.1 Å². The Kier molecular flexibility index (Phi) is 7.90. The Morgan fingerprint density at radius 2 is 1.64 bits per heavy atom. The number of pyridine rings is 1. The minimum atomic E-state index is -3.66. The molecule has 1 N–H and O–H groups in total. The molecule has 0 spiro atoms. The summed E-state index contributed by atoms with van der Waals surface area (Å²) in [5, 5.41) is 7.12. The number of ether oxygens (including phenoxy) is 1. The van der Waals surface area contributed by atoms with E-state index in [0.717, 1.165) is 55.5 Å². The highest BCUT2D eigenvalue weighted by Gasteiger charge is 2.31. The number of amides is 2. The number of carbonyl (C=O) groups excluding carboxylic acids is 2. The number of aryl methyl sites for hydroxylation is 1. The number of piperidine rings is 1. The van der Waals surface area contributed by atoms with Gasteiger partial charge in [0.2, 0.25) is 10.0 Å². The van der Waals surface area contributed by atoms with Crippen molar-refractivity contribution in [2.45, 2.75) is 56.3 Å². The first-order valence-electron chi connectivity index (χ1n) is 13.5. The van der Waals surface area contributed by atoms with Crippen molar-refractivity contribution >= 4 is 33.2 Å². The fourth-order valence-electron chi connectivity index (χ4n) is 5.59. The number of benzene rings is 1. The van der Waals surface area contributed by atoms with E-state index in [-0.39, 0.29) is 16.7 Å². The highest BCUT2D eigenvalue weighted by molar-refractivity contribution is 7.89. The third-order valence-electron chi connectivity index (χ3n) is 7.79. The molecule has 1 aromatic carbocycles. The standard InChI is InChI=1S/C28H35N5O5S/c1-20-26(27(34)31-14-5-3-4-6-15-31)25-19-22(13-18-33(25)30-20)21-11-16-32(17-12-21)39(36,37)24-9-7-23(8-10-24)29-28(35)38-2/h7-10,13,18-19,21H,3-6,11-12,14-17H2,1-2H3,(H,29,35). The summed E-state index contributed by atoms with van der Waals surface area (Å²) in [4.78, 5) is 27.0. The molecule has 4 heterocycles. The molecule has 3 aromatic rings. The smallest absolute Gasteiger partial charge is 0.411 e. The van der Waals surface area contributed by atoms with Crippen LogP contribution in [0.4, 0.5) is 10.5 Å². The van der Waals surface area contributed by atoms with Gasteiger partial charge in [0, 0.05) is 38.1 Å². The molecule has 2 fully saturated rings. The Balaban J connectivity index is 1.29. The van der Waals surface area contributed by atoms with Gasteiger partial charge in [-0.1, -0.05) is 12.8 Å². The fraction of sp³-hybridized carbons (Fsp3) is 0.464. The number of rotatable bonds is 5. The lowest BCUT2D eigenvalue weighted by Gasteiger charge is -2.31. The van der Waals surface area contributed by atoms with Crippen LogP contribution >= 0.6 is 0 Å². The first-order chi connectivity index (χ1) is 18.8. The van der Waals surface area contributed by atoms with Crippen LogP contribution in [0.2, 0.25) is 0 Å². The molecule has 0 radical (unpaired) electrons. The molecule has 2 aliphatic rings. The molecule has 0 saturated carbocycles. The van der Waals surface area contributed by atoms with E-state index in [1.165, 1.54) is 23.5 Å². The molecule has 10 nitrogen and oxygen atoms in total. The average molecular weight is 554 g/mol. The molecule has 0 bridgehead atoms. The molecule has 11 heteroatoms. The lowest BCUT2D eigenvalue weighted by atomic mass is 9.90. The predicted molar refractivity (Wildman–Crippen MR) is 148 cm³/mol. The van der Waals surface area contributed by atoms with Crippen molar-refractivity contribution in [2.75, 3.05) is 38.6 Å². The van der Waals surface area contributed by atoms with Gasteiger partial charge in [0.25, 0.3) is 5.91 Å². The van der Waals surface area contributed by atoms with Crippen LogP contribution in [0.3, 0.4) is 0 Å². The van der Waals surface area contributed by atoms with E-state index in [4.69, 9.17) is 0 Å². The number of carbonyl (C=O) groups is 2. The summed E-state index contributed by atoms with van der Waals surface area (Å²) in [7, 11) is -2.39. The third kappa shape index (κ3) is 5.65. The summed E-state index contributed by atoms with van der Waals surface area (Å²) < 4.78 is 34.4. The van der Waals surface area contributed by atoms with Crippen LogP contribution in [0.15, 0.2) is 47.5 Å². The number of aromatic nitrogens is 2. The molecule has 2 saturated heterocycles. The number of nitrogens with one attached hydrogen (secondary N) is 1. The van der Waals surface area contributed by atoms with Gasteiger partial charge in [0.15, 0.2) is 0 Å². The van der Waals surface area contributed by atoms with Gasteiger partial charge in [-0.05, 0) is 80.5 Å². The van der Waals surface area contributed by atoms with Gasteiger partial charge < -0.3 is 9.64 Å². The molecule has 0 aliphatic carbocycles. The lowest BCUT2D eigenvalue weighted by Crippen LogP contribution is -2.37. The summed E-state index contributed by atoms with van der Waals surface area (Å²) in [5.74, 6) is 0.236. The second kappa shape index (κ2) is 11.4. The van der Waals surface area contributed by atoms with Gasteiger partial charge in [0.1, 0.15) is 0 Å². The number of sulfonamides is 1. The second-order valence-corrected chi connectivity index (χ2v) is 12.2. The zero-order valence-electron chi connectivity index (χ0n) is 22.4. The van der Waals surface area contributed by atoms with Crippen molar-refractivity contribution in [1.82, 2.24) is 18.8 Å². The first-order valence-corrected chi connectivity index (χ1v) is 15.0. The maximum atomic E-state index is 13.5. The summed E-state index contributed by atoms with van der Waals surface area (Å²) in [6.07, 6.45) is 7.04. The van der Waals surface area contributed by atoms with E-state index < -0.39 is 16.1 Å². The largest absolute Gasteiger partial charge is 0.453 e. The quantitative estimate of drug-likeness (QED) is 0.501. The molecule has 208 valence electrons. The maximum absolute atomic E-state index is 13.5. The maximum Gasteiger partial charge on any atom is 0.411 e.